The zero-order valence-corrected chi connectivity index (χ0v) is 14.1. The first-order chi connectivity index (χ1) is 12.3. The normalized spacial score (nSPS) is 16.0. The number of fused-ring (bicyclic) bond motifs is 1. The maximum Gasteiger partial charge on any atom is 0.326 e. The molecule has 0 aliphatic carbocycles. The van der Waals surface area contributed by atoms with Gasteiger partial charge in [-0.1, -0.05) is 30.3 Å². The van der Waals surface area contributed by atoms with E-state index in [4.69, 9.17) is 0 Å². The Morgan fingerprint density at radius 1 is 1.04 bits per heavy atom. The van der Waals surface area contributed by atoms with E-state index in [0.29, 0.717) is 21.9 Å². The van der Waals surface area contributed by atoms with Gasteiger partial charge in [0.25, 0.3) is 5.91 Å². The molecule has 0 unspecified atom stereocenters. The Morgan fingerprint density at radius 2 is 1.81 bits per heavy atom. The van der Waals surface area contributed by atoms with Gasteiger partial charge in [-0.2, -0.15) is 8.42 Å². The van der Waals surface area contributed by atoms with Crippen LogP contribution in [-0.2, 0) is 15.0 Å². The van der Waals surface area contributed by atoms with E-state index in [9.17, 15) is 22.7 Å². The molecule has 3 aromatic rings. The van der Waals surface area contributed by atoms with Crippen LogP contribution in [0.4, 0.5) is 10.1 Å². The summed E-state index contributed by atoms with van der Waals surface area (Å²) in [5, 5.41) is 11.5. The quantitative estimate of drug-likeness (QED) is 0.724. The lowest BCUT2D eigenvalue weighted by molar-refractivity contribution is -0.117. The lowest BCUT2D eigenvalue weighted by atomic mass is 10.00. The van der Waals surface area contributed by atoms with Gasteiger partial charge in [0.15, 0.2) is 0 Å². The van der Waals surface area contributed by atoms with Crippen molar-refractivity contribution >= 4 is 32.6 Å². The molecule has 4 rings (SSSR count). The summed E-state index contributed by atoms with van der Waals surface area (Å²) in [5.74, 6) is -1.32. The van der Waals surface area contributed by atoms with Crippen molar-refractivity contribution in [2.75, 3.05) is 10.8 Å². The zero-order valence-electron chi connectivity index (χ0n) is 13.3. The van der Waals surface area contributed by atoms with E-state index in [2.05, 4.69) is 0 Å². The molecule has 3 aromatic carbocycles. The Morgan fingerprint density at radius 3 is 2.50 bits per heavy atom. The molecule has 1 amide bonds. The second-order valence-corrected chi connectivity index (χ2v) is 7.51. The van der Waals surface area contributed by atoms with Gasteiger partial charge in [0.1, 0.15) is 18.1 Å². The van der Waals surface area contributed by atoms with Crippen LogP contribution in [0.5, 0.6) is 5.75 Å². The standard InChI is InChI=1S/C18H13FN2O4S/c19-15-4-2-1-3-14(15)12-6-5-11-9-17(22)16(8-13(11)7-12)21-10-18(23)20-26(21,24)25/h1-9,22H,10H2,(H,20,23). The third kappa shape index (κ3) is 2.64. The molecule has 0 saturated carbocycles. The van der Waals surface area contributed by atoms with Crippen molar-refractivity contribution in [2.24, 2.45) is 0 Å². The highest BCUT2D eigenvalue weighted by Crippen LogP contribution is 2.36. The van der Waals surface area contributed by atoms with Crippen molar-refractivity contribution in [2.45, 2.75) is 0 Å². The number of phenolic OH excluding ortho intramolecular Hbond substituents is 1. The number of aromatic hydroxyl groups is 1. The fraction of sp³-hybridized carbons (Fsp3) is 0.0556. The Balaban J connectivity index is 1.88. The summed E-state index contributed by atoms with van der Waals surface area (Å²) in [7, 11) is -4.04. The van der Waals surface area contributed by atoms with Crippen molar-refractivity contribution in [3.63, 3.8) is 0 Å². The molecule has 0 radical (unpaired) electrons. The van der Waals surface area contributed by atoms with E-state index in [1.54, 1.807) is 36.4 Å². The largest absolute Gasteiger partial charge is 0.506 e. The van der Waals surface area contributed by atoms with Gasteiger partial charge in [0.2, 0.25) is 0 Å². The van der Waals surface area contributed by atoms with Gasteiger partial charge < -0.3 is 5.11 Å². The summed E-state index contributed by atoms with van der Waals surface area (Å²) in [6.07, 6.45) is 0. The number of rotatable bonds is 2. The summed E-state index contributed by atoms with van der Waals surface area (Å²) in [4.78, 5) is 11.4. The molecule has 0 aromatic heterocycles. The van der Waals surface area contributed by atoms with E-state index in [0.717, 1.165) is 4.31 Å². The summed E-state index contributed by atoms with van der Waals surface area (Å²) in [5.41, 5.74) is 1.02. The van der Waals surface area contributed by atoms with Crippen LogP contribution in [-0.4, -0.2) is 26.0 Å². The average molecular weight is 372 g/mol. The number of nitrogens with zero attached hydrogens (tertiary/aromatic N) is 1. The van der Waals surface area contributed by atoms with Crippen LogP contribution in [0.3, 0.4) is 0 Å². The van der Waals surface area contributed by atoms with Crippen molar-refractivity contribution in [3.05, 3.63) is 60.4 Å². The first kappa shape index (κ1) is 16.3. The Hall–Kier alpha value is -3.13. The van der Waals surface area contributed by atoms with Gasteiger partial charge in [-0.05, 0) is 40.6 Å². The molecular weight excluding hydrogens is 359 g/mol. The number of anilines is 1. The number of benzene rings is 3. The monoisotopic (exact) mass is 372 g/mol. The van der Waals surface area contributed by atoms with Crippen molar-refractivity contribution in [3.8, 4) is 16.9 Å². The Labute approximate surface area is 148 Å². The highest BCUT2D eigenvalue weighted by Gasteiger charge is 2.35. The van der Waals surface area contributed by atoms with Gasteiger partial charge in [0.05, 0.1) is 5.69 Å². The van der Waals surface area contributed by atoms with Crippen molar-refractivity contribution in [1.29, 1.82) is 0 Å². The summed E-state index contributed by atoms with van der Waals surface area (Å²) in [6, 6.07) is 14.3. The van der Waals surface area contributed by atoms with Gasteiger partial charge in [-0.15, -0.1) is 0 Å². The smallest absolute Gasteiger partial charge is 0.326 e. The molecular formula is C18H13FN2O4S. The summed E-state index contributed by atoms with van der Waals surface area (Å²) in [6.45, 7) is -0.408. The fourth-order valence-corrected chi connectivity index (χ4v) is 4.15. The fourth-order valence-electron chi connectivity index (χ4n) is 3.00. The Kier molecular flexibility index (Phi) is 3.58. The molecule has 8 heteroatoms. The van der Waals surface area contributed by atoms with Gasteiger partial charge in [0, 0.05) is 5.56 Å². The predicted octanol–water partition coefficient (Wildman–Crippen LogP) is 2.53. The highest BCUT2D eigenvalue weighted by atomic mass is 32.2. The third-order valence-corrected chi connectivity index (χ3v) is 5.60. The van der Waals surface area contributed by atoms with E-state index in [1.807, 2.05) is 4.72 Å². The maximum atomic E-state index is 14.0. The molecule has 0 spiro atoms. The first-order valence-corrected chi connectivity index (χ1v) is 9.14. The predicted molar refractivity (Wildman–Crippen MR) is 95.4 cm³/mol. The molecule has 1 aliphatic heterocycles. The zero-order chi connectivity index (χ0) is 18.5. The van der Waals surface area contributed by atoms with E-state index in [1.165, 1.54) is 18.2 Å². The minimum absolute atomic E-state index is 0.0125. The molecule has 1 saturated heterocycles. The maximum absolute atomic E-state index is 14.0. The number of phenols is 1. The van der Waals surface area contributed by atoms with Crippen molar-refractivity contribution in [1.82, 2.24) is 4.72 Å². The minimum Gasteiger partial charge on any atom is -0.506 e. The van der Waals surface area contributed by atoms with Gasteiger partial charge >= 0.3 is 10.2 Å². The first-order valence-electron chi connectivity index (χ1n) is 7.70. The molecule has 1 fully saturated rings. The summed E-state index contributed by atoms with van der Waals surface area (Å²) >= 11 is 0. The number of hydrogen-bond donors (Lipinski definition) is 2. The lowest BCUT2D eigenvalue weighted by Crippen LogP contribution is -2.29. The van der Waals surface area contributed by atoms with E-state index >= 15 is 0 Å². The third-order valence-electron chi connectivity index (χ3n) is 4.21. The molecule has 0 bridgehead atoms. The van der Waals surface area contributed by atoms with Gasteiger partial charge in [-0.25, -0.2) is 13.4 Å². The topological polar surface area (TPSA) is 86.7 Å². The van der Waals surface area contributed by atoms with Gasteiger partial charge in [-0.3, -0.25) is 4.79 Å². The molecule has 2 N–H and O–H groups in total. The van der Waals surface area contributed by atoms with Crippen LogP contribution >= 0.6 is 0 Å². The van der Waals surface area contributed by atoms with E-state index in [-0.39, 0.29) is 17.3 Å². The molecule has 26 heavy (non-hydrogen) atoms. The van der Waals surface area contributed by atoms with Crippen LogP contribution < -0.4 is 9.03 Å². The Bertz CT molecular complexity index is 1160. The molecule has 132 valence electrons. The van der Waals surface area contributed by atoms with Crippen LogP contribution in [0.25, 0.3) is 21.9 Å². The number of hydrogen-bond acceptors (Lipinski definition) is 4. The van der Waals surface area contributed by atoms with E-state index < -0.39 is 22.7 Å². The second kappa shape index (κ2) is 5.70. The number of halogens is 1. The molecule has 0 atom stereocenters. The minimum atomic E-state index is -4.04. The number of nitrogens with one attached hydrogen (secondary N) is 1. The number of carbonyl (C=O) groups excluding carboxylic acids is 1. The summed E-state index contributed by atoms with van der Waals surface area (Å²) < 4.78 is 40.8. The lowest BCUT2D eigenvalue weighted by Gasteiger charge is -2.17. The molecule has 1 heterocycles. The number of amides is 1. The van der Waals surface area contributed by atoms with Crippen LogP contribution in [0.2, 0.25) is 0 Å². The highest BCUT2D eigenvalue weighted by molar-refractivity contribution is 7.92. The number of carbonyl (C=O) groups is 1. The molecule has 1 aliphatic rings. The van der Waals surface area contributed by atoms with Crippen LogP contribution in [0.15, 0.2) is 54.6 Å². The van der Waals surface area contributed by atoms with Crippen LogP contribution in [0.1, 0.15) is 0 Å². The molecule has 6 nitrogen and oxygen atoms in total. The average Bonchev–Trinajstić information content (AvgIpc) is 2.86. The van der Waals surface area contributed by atoms with Crippen molar-refractivity contribution < 1.29 is 22.7 Å². The second-order valence-electron chi connectivity index (χ2n) is 5.92. The SMILES string of the molecule is O=C1CN(c2cc3cc(-c4ccccc4F)ccc3cc2O)S(=O)(=O)N1. The van der Waals surface area contributed by atoms with Crippen LogP contribution in [0, 0.1) is 5.82 Å².